The molecule has 31 heavy (non-hydrogen) atoms. The molecule has 0 aliphatic carbocycles. The Bertz CT molecular complexity index is 1060. The predicted octanol–water partition coefficient (Wildman–Crippen LogP) is 4.29. The standard InChI is InChI=1S/C24H21N3O4/c28-22-20-9-4-5-10-21(20)23(29)27(22)16-6-15-25-24(30)26-17-11-13-19(14-12-17)31-18-7-2-1-3-8-18/h1-5,7-14H,6,15-16H2,(H2,25,26,30). The average molecular weight is 415 g/mol. The van der Waals surface area contributed by atoms with E-state index in [0.29, 0.717) is 35.5 Å². The van der Waals surface area contributed by atoms with Crippen molar-refractivity contribution >= 4 is 23.5 Å². The minimum Gasteiger partial charge on any atom is -0.457 e. The molecule has 2 N–H and O–H groups in total. The fourth-order valence-electron chi connectivity index (χ4n) is 3.29. The first-order valence-corrected chi connectivity index (χ1v) is 9.95. The van der Waals surface area contributed by atoms with E-state index in [1.165, 1.54) is 4.90 Å². The van der Waals surface area contributed by atoms with Gasteiger partial charge < -0.3 is 15.4 Å². The molecular formula is C24H21N3O4. The van der Waals surface area contributed by atoms with Gasteiger partial charge in [0.25, 0.3) is 11.8 Å². The largest absolute Gasteiger partial charge is 0.457 e. The average Bonchev–Trinajstić information content (AvgIpc) is 3.03. The lowest BCUT2D eigenvalue weighted by Crippen LogP contribution is -2.35. The topological polar surface area (TPSA) is 87.7 Å². The smallest absolute Gasteiger partial charge is 0.319 e. The molecule has 1 aliphatic rings. The third-order valence-electron chi connectivity index (χ3n) is 4.81. The third kappa shape index (κ3) is 4.72. The summed E-state index contributed by atoms with van der Waals surface area (Å²) < 4.78 is 5.72. The Labute approximate surface area is 179 Å². The van der Waals surface area contributed by atoms with Gasteiger partial charge >= 0.3 is 6.03 Å². The van der Waals surface area contributed by atoms with Gasteiger partial charge in [-0.1, -0.05) is 30.3 Å². The van der Waals surface area contributed by atoms with Crippen molar-refractivity contribution < 1.29 is 19.1 Å². The van der Waals surface area contributed by atoms with E-state index in [1.54, 1.807) is 48.5 Å². The number of imide groups is 1. The number of amides is 4. The van der Waals surface area contributed by atoms with Crippen LogP contribution in [0.1, 0.15) is 27.1 Å². The molecule has 0 unspecified atom stereocenters. The molecule has 0 radical (unpaired) electrons. The predicted molar refractivity (Wildman–Crippen MR) is 116 cm³/mol. The zero-order valence-corrected chi connectivity index (χ0v) is 16.7. The number of hydrogen-bond acceptors (Lipinski definition) is 4. The van der Waals surface area contributed by atoms with Crippen LogP contribution in [0.4, 0.5) is 10.5 Å². The van der Waals surface area contributed by atoms with Crippen LogP contribution in [0.2, 0.25) is 0 Å². The maximum atomic E-state index is 12.3. The minimum absolute atomic E-state index is 0.248. The first-order chi connectivity index (χ1) is 15.1. The number of hydrogen-bond donors (Lipinski definition) is 2. The van der Waals surface area contributed by atoms with Gasteiger partial charge in [-0.3, -0.25) is 14.5 Å². The van der Waals surface area contributed by atoms with Gasteiger partial charge in [0.1, 0.15) is 11.5 Å². The number of carbonyl (C=O) groups excluding carboxylic acids is 3. The summed E-state index contributed by atoms with van der Waals surface area (Å²) in [5.41, 5.74) is 1.48. The molecule has 4 amide bonds. The maximum absolute atomic E-state index is 12.3. The molecule has 3 aromatic carbocycles. The third-order valence-corrected chi connectivity index (χ3v) is 4.81. The first kappa shape index (κ1) is 20.2. The van der Waals surface area contributed by atoms with Gasteiger partial charge in [0, 0.05) is 18.8 Å². The summed E-state index contributed by atoms with van der Waals surface area (Å²) in [4.78, 5) is 37.9. The lowest BCUT2D eigenvalue weighted by molar-refractivity contribution is 0.0653. The Hall–Kier alpha value is -4.13. The molecule has 0 bridgehead atoms. The van der Waals surface area contributed by atoms with Crippen molar-refractivity contribution in [3.05, 3.63) is 90.0 Å². The van der Waals surface area contributed by atoms with E-state index in [1.807, 2.05) is 30.3 Å². The van der Waals surface area contributed by atoms with E-state index in [2.05, 4.69) is 10.6 Å². The number of nitrogens with one attached hydrogen (secondary N) is 2. The molecular weight excluding hydrogens is 394 g/mol. The van der Waals surface area contributed by atoms with E-state index >= 15 is 0 Å². The van der Waals surface area contributed by atoms with Gasteiger partial charge in [-0.05, 0) is 55.0 Å². The van der Waals surface area contributed by atoms with Crippen LogP contribution in [0, 0.1) is 0 Å². The molecule has 156 valence electrons. The van der Waals surface area contributed by atoms with Gasteiger partial charge in [0.05, 0.1) is 11.1 Å². The fourth-order valence-corrected chi connectivity index (χ4v) is 3.29. The maximum Gasteiger partial charge on any atom is 0.319 e. The highest BCUT2D eigenvalue weighted by molar-refractivity contribution is 6.21. The van der Waals surface area contributed by atoms with Crippen LogP contribution in [0.25, 0.3) is 0 Å². The highest BCUT2D eigenvalue weighted by Gasteiger charge is 2.34. The number of rotatable bonds is 7. The van der Waals surface area contributed by atoms with E-state index in [-0.39, 0.29) is 24.4 Å². The minimum atomic E-state index is -0.362. The van der Waals surface area contributed by atoms with Crippen molar-refractivity contribution in [2.24, 2.45) is 0 Å². The lowest BCUT2D eigenvalue weighted by Gasteiger charge is -2.14. The molecule has 0 spiro atoms. The van der Waals surface area contributed by atoms with Crippen molar-refractivity contribution in [1.29, 1.82) is 0 Å². The van der Waals surface area contributed by atoms with Crippen molar-refractivity contribution in [3.8, 4) is 11.5 Å². The van der Waals surface area contributed by atoms with Crippen molar-refractivity contribution in [3.63, 3.8) is 0 Å². The zero-order valence-electron chi connectivity index (χ0n) is 16.7. The van der Waals surface area contributed by atoms with E-state index < -0.39 is 0 Å². The summed E-state index contributed by atoms with van der Waals surface area (Å²) in [5, 5.41) is 5.47. The van der Waals surface area contributed by atoms with E-state index in [9.17, 15) is 14.4 Å². The number of benzene rings is 3. The Morgan fingerprint density at radius 2 is 1.35 bits per heavy atom. The number of ether oxygens (including phenoxy) is 1. The molecule has 1 aliphatic heterocycles. The van der Waals surface area contributed by atoms with Crippen LogP contribution in [-0.2, 0) is 0 Å². The van der Waals surface area contributed by atoms with Gasteiger partial charge in [-0.15, -0.1) is 0 Å². The zero-order chi connectivity index (χ0) is 21.6. The highest BCUT2D eigenvalue weighted by atomic mass is 16.5. The lowest BCUT2D eigenvalue weighted by atomic mass is 10.1. The van der Waals surface area contributed by atoms with Crippen molar-refractivity contribution in [1.82, 2.24) is 10.2 Å². The van der Waals surface area contributed by atoms with Crippen molar-refractivity contribution in [2.75, 3.05) is 18.4 Å². The Kier molecular flexibility index (Phi) is 5.93. The second-order valence-electron chi connectivity index (χ2n) is 6.98. The summed E-state index contributed by atoms with van der Waals surface area (Å²) in [6.45, 7) is 0.576. The van der Waals surface area contributed by atoms with Gasteiger partial charge in [0.2, 0.25) is 0 Å². The van der Waals surface area contributed by atoms with Crippen LogP contribution in [0.3, 0.4) is 0 Å². The SMILES string of the molecule is O=C(NCCCN1C(=O)c2ccccc2C1=O)Nc1ccc(Oc2ccccc2)cc1. The van der Waals surface area contributed by atoms with E-state index in [4.69, 9.17) is 4.74 Å². The van der Waals surface area contributed by atoms with Crippen molar-refractivity contribution in [2.45, 2.75) is 6.42 Å². The fraction of sp³-hybridized carbons (Fsp3) is 0.125. The second-order valence-corrected chi connectivity index (χ2v) is 6.98. The highest BCUT2D eigenvalue weighted by Crippen LogP contribution is 2.23. The normalized spacial score (nSPS) is 12.5. The molecule has 7 heteroatoms. The molecule has 0 atom stereocenters. The van der Waals surface area contributed by atoms with E-state index in [0.717, 1.165) is 5.75 Å². The quantitative estimate of drug-likeness (QED) is 0.445. The molecule has 0 saturated carbocycles. The van der Waals surface area contributed by atoms with Gasteiger partial charge in [-0.25, -0.2) is 4.79 Å². The number of urea groups is 1. The molecule has 1 heterocycles. The molecule has 0 fully saturated rings. The van der Waals surface area contributed by atoms with Crippen LogP contribution in [0.5, 0.6) is 11.5 Å². The first-order valence-electron chi connectivity index (χ1n) is 9.95. The summed E-state index contributed by atoms with van der Waals surface area (Å²) >= 11 is 0. The molecule has 0 saturated heterocycles. The summed E-state index contributed by atoms with van der Waals surface area (Å²) in [6, 6.07) is 22.9. The van der Waals surface area contributed by atoms with Crippen LogP contribution in [0.15, 0.2) is 78.9 Å². The number of anilines is 1. The number of nitrogens with zero attached hydrogens (tertiary/aromatic N) is 1. The summed E-state index contributed by atoms with van der Waals surface area (Å²) in [7, 11) is 0. The van der Waals surface area contributed by atoms with Crippen LogP contribution in [-0.4, -0.2) is 35.8 Å². The number of para-hydroxylation sites is 1. The molecule has 7 nitrogen and oxygen atoms in total. The van der Waals surface area contributed by atoms with Gasteiger partial charge in [-0.2, -0.15) is 0 Å². The number of carbonyl (C=O) groups is 3. The van der Waals surface area contributed by atoms with Crippen LogP contribution < -0.4 is 15.4 Å². The Balaban J connectivity index is 1.20. The summed E-state index contributed by atoms with van der Waals surface area (Å²) in [5.74, 6) is 0.822. The second kappa shape index (κ2) is 9.13. The molecule has 3 aromatic rings. The Morgan fingerprint density at radius 1 is 0.774 bits per heavy atom. The number of fused-ring (bicyclic) bond motifs is 1. The molecule has 4 rings (SSSR count). The Morgan fingerprint density at radius 3 is 2.00 bits per heavy atom. The molecule has 0 aromatic heterocycles. The summed E-state index contributed by atoms with van der Waals surface area (Å²) in [6.07, 6.45) is 0.461. The monoisotopic (exact) mass is 415 g/mol. The van der Waals surface area contributed by atoms with Crippen LogP contribution >= 0.6 is 0 Å². The van der Waals surface area contributed by atoms with Gasteiger partial charge in [0.15, 0.2) is 0 Å².